The normalized spacial score (nSPS) is 9.96. The molecule has 3 radical (unpaired) electrons. The van der Waals surface area contributed by atoms with Gasteiger partial charge in [0.05, 0.1) is 7.11 Å². The van der Waals surface area contributed by atoms with Crippen LogP contribution in [0.3, 0.4) is 0 Å². The van der Waals surface area contributed by atoms with Gasteiger partial charge in [0, 0.05) is 145 Å². The molecule has 0 amide bonds. The Kier molecular flexibility index (Phi) is 52.0. The maximum Gasteiger partial charge on any atom is 3.00 e. The van der Waals surface area contributed by atoms with Crippen LogP contribution in [0, 0.1) is 89.0 Å². The summed E-state index contributed by atoms with van der Waals surface area (Å²) in [4.78, 5) is 9.92. The maximum absolute atomic E-state index is 13.5. The molecule has 0 aliphatic heterocycles. The van der Waals surface area contributed by atoms with E-state index in [1.807, 2.05) is 152 Å². The Bertz CT molecular complexity index is 4960. The number of hydrogen-bond acceptors (Lipinski definition) is 9. The third-order valence-corrected chi connectivity index (χ3v) is 14.0. The molecule has 0 fully saturated rings. The monoisotopic (exact) mass is 2440 g/mol. The fourth-order valence-electron chi connectivity index (χ4n) is 8.76. The fraction of sp³-hybridized carbons (Fsp3) is 0.0341. The van der Waals surface area contributed by atoms with Gasteiger partial charge in [0.15, 0.2) is 0 Å². The molecule has 0 saturated heterocycles. The summed E-state index contributed by atoms with van der Waals surface area (Å²) in [5.41, 5.74) is 10.9. The molecule has 0 aliphatic carbocycles. The third kappa shape index (κ3) is 38.0. The van der Waals surface area contributed by atoms with Crippen molar-refractivity contribution in [3.05, 3.63) is 414 Å². The number of allylic oxidation sites excluding steroid dienone is 5. The summed E-state index contributed by atoms with van der Waals surface area (Å²) in [6, 6.07) is 82.5. The van der Waals surface area contributed by atoms with Crippen molar-refractivity contribution in [1.82, 2.24) is 9.97 Å². The number of rotatable bonds is 22. The number of nitrogens with zero attached hydrogens (tertiary/aromatic N) is 8. The van der Waals surface area contributed by atoms with Gasteiger partial charge in [0.1, 0.15) is 5.75 Å². The van der Waals surface area contributed by atoms with E-state index in [2.05, 4.69) is 103 Å². The topological polar surface area (TPSA) is 210 Å². The molecule has 597 valence electrons. The van der Waals surface area contributed by atoms with Crippen LogP contribution < -0.4 is 36.2 Å². The number of ether oxygens (including phenoxy) is 1. The van der Waals surface area contributed by atoms with E-state index < -0.39 is 46.5 Å². The van der Waals surface area contributed by atoms with Crippen LogP contribution in [-0.4, -0.2) is 62.2 Å². The van der Waals surface area contributed by atoms with Crippen LogP contribution >= 0.6 is 0 Å². The summed E-state index contributed by atoms with van der Waals surface area (Å²) in [6.45, 7) is 0. The molecule has 0 bridgehead atoms. The molecule has 115 heavy (non-hydrogen) atoms. The molecule has 2 aromatic heterocycles. The number of methoxy groups -OCH3 is 1. The first-order valence-corrected chi connectivity index (χ1v) is 32.7. The third-order valence-electron chi connectivity index (χ3n) is 14.0. The molecule has 12 rings (SSSR count). The van der Waals surface area contributed by atoms with Gasteiger partial charge < -0.3 is 73.2 Å². The number of aromatic nitrogens is 2. The Morgan fingerprint density at radius 1 is 0.391 bits per heavy atom. The Morgan fingerprint density at radius 2 is 0.826 bits per heavy atom. The average Bonchev–Trinajstić information content (AvgIpc) is 0.832. The molecule has 12 aromatic rings. The smallest absolute Gasteiger partial charge is 0.811 e. The number of benzene rings is 10. The number of pyridine rings is 2. The van der Waals surface area contributed by atoms with E-state index in [9.17, 15) is 40.5 Å². The maximum atomic E-state index is 13.5. The fourth-order valence-corrected chi connectivity index (χ4v) is 8.76. The Labute approximate surface area is 731 Å². The van der Waals surface area contributed by atoms with E-state index in [1.165, 1.54) is 61.1 Å². The SMILES string of the molecule is CN(C)c1ccnc(-c2[c-]cc(F)cc2F)c1.COc1ccnc(-c2[c-]cc(F)cc2F)c1.[Ir+3].[Ir+3].[Ir].[Ir].[Ir].[N-]=C/C=C\Nc1[c-]cc(-c2ccccc2)cc1.[N-]=C/C=C\Nc1[c-]cc(F)cc1F.[N-]=C/C=C\Nc1[c-]cc(F)cc1F.[N-]=C/C=C\Nc1[c-]ccc(-c2ccccc2)c1.[N-]=CC(=CNc1[c-]cccc1)c1ccccc1. The molecule has 0 unspecified atom stereocenters. The first-order chi connectivity index (χ1) is 53.4. The standard InChI is InChI=1S/3C15H12N2.C13H11F2N2.C12H8F2NO.2C9H6F2N2.5Ir/c16-11-14(13-7-3-1-4-8-13)12-17-15-9-5-2-6-10-15;16-10-5-11-17-15-9-4-8-14(12-15)13-6-2-1-3-7-13;16-11-4-12-17-15-9-7-14(8-10-15)13-5-2-1-3-6-13;1-17(2)10-5-6-16-13(8-10)11-4-3-9(14)7-12(11)15;1-16-9-4-5-15-12(7-9)10-3-2-8(13)6-11(10)14;2*10-7-2-3-9(8(11)6-7)13-5-1-4-12;;;;;/h1-9,11-12,17H;1-8,10-12,17H;1-9,11-12,17H;3,5-8H,1-2H3;2,4-7H,1H3;2*1-2,4-6,13H;;;;;/q3*-2;2*-1;2*-2;;;;2*+3/b;11-5-;12-4-;;;2*5-1-;;;;;. The Balaban J connectivity index is 0.000000668. The minimum atomic E-state index is -0.734. The van der Waals surface area contributed by atoms with Crippen LogP contribution in [0.5, 0.6) is 5.75 Å². The number of anilines is 6. The van der Waals surface area contributed by atoms with E-state index in [0.29, 0.717) is 17.1 Å². The summed E-state index contributed by atoms with van der Waals surface area (Å²) in [7, 11) is 5.26. The second-order valence-corrected chi connectivity index (χ2v) is 21.9. The zero-order valence-electron chi connectivity index (χ0n) is 60.8. The van der Waals surface area contributed by atoms with E-state index in [0.717, 1.165) is 125 Å². The van der Waals surface area contributed by atoms with Crippen molar-refractivity contribution in [1.29, 1.82) is 0 Å². The predicted octanol–water partition coefficient (Wildman–Crippen LogP) is 21.4. The van der Waals surface area contributed by atoms with E-state index in [-0.39, 0.29) is 123 Å². The van der Waals surface area contributed by atoms with Crippen molar-refractivity contribution in [2.75, 3.05) is 52.7 Å². The quantitative estimate of drug-likeness (QED) is 0.0248. The molecular weight excluding hydrogens is 2370 g/mol. The van der Waals surface area contributed by atoms with E-state index in [4.69, 9.17) is 26.4 Å². The predicted molar refractivity (Wildman–Crippen MR) is 431 cm³/mol. The van der Waals surface area contributed by atoms with Crippen molar-refractivity contribution in [3.8, 4) is 50.5 Å². The summed E-state index contributed by atoms with van der Waals surface area (Å²) in [5, 5.41) is 56.7. The number of hydrogen-bond donors (Lipinski definition) is 5. The van der Waals surface area contributed by atoms with E-state index in [1.54, 1.807) is 43.0 Å². The second kappa shape index (κ2) is 58.7. The first-order valence-electron chi connectivity index (χ1n) is 32.7. The van der Waals surface area contributed by atoms with E-state index >= 15 is 0 Å². The van der Waals surface area contributed by atoms with Gasteiger partial charge in [-0.3, -0.25) is 35.1 Å². The van der Waals surface area contributed by atoms with Crippen LogP contribution in [0.1, 0.15) is 5.56 Å². The van der Waals surface area contributed by atoms with Gasteiger partial charge in [0.25, 0.3) is 0 Å². The zero-order valence-corrected chi connectivity index (χ0v) is 72.8. The van der Waals surface area contributed by atoms with Gasteiger partial charge in [-0.1, -0.05) is 167 Å². The number of para-hydroxylation sites is 1. The van der Waals surface area contributed by atoms with Crippen molar-refractivity contribution < 1.29 is 140 Å². The second-order valence-electron chi connectivity index (χ2n) is 21.9. The van der Waals surface area contributed by atoms with Gasteiger partial charge >= 0.3 is 40.2 Å². The Morgan fingerprint density at radius 3 is 1.27 bits per heavy atom. The molecule has 0 saturated carbocycles. The Hall–Kier alpha value is -11.2. The molecule has 10 aromatic carbocycles. The molecule has 0 spiro atoms. The van der Waals surface area contributed by atoms with Gasteiger partial charge in [-0.15, -0.1) is 77.9 Å². The minimum Gasteiger partial charge on any atom is -0.811 e. The van der Waals surface area contributed by atoms with Crippen molar-refractivity contribution in [3.63, 3.8) is 0 Å². The van der Waals surface area contributed by atoms with Gasteiger partial charge in [0.2, 0.25) is 0 Å². The molecule has 2 heterocycles. The molecule has 0 atom stereocenters. The van der Waals surface area contributed by atoms with Crippen LogP contribution in [-0.2, 0) is 101 Å². The molecule has 14 nitrogen and oxygen atoms in total. The molecule has 27 heteroatoms. The number of halogens is 8. The first kappa shape index (κ1) is 102. The average molecular weight is 2440 g/mol. The largest absolute Gasteiger partial charge is 3.00 e. The van der Waals surface area contributed by atoms with Gasteiger partial charge in [-0.05, 0) is 82.5 Å². The summed E-state index contributed by atoms with van der Waals surface area (Å²) >= 11 is 0. The molecule has 5 N–H and O–H groups in total. The minimum absolute atomic E-state index is 0. The summed E-state index contributed by atoms with van der Waals surface area (Å²) < 4.78 is 108. The van der Waals surface area contributed by atoms with Crippen LogP contribution in [0.4, 0.5) is 69.2 Å². The summed E-state index contributed by atoms with van der Waals surface area (Å²) in [5.74, 6) is -4.93. The van der Waals surface area contributed by atoms with Gasteiger partial charge in [-0.2, -0.15) is 104 Å². The number of nitrogens with one attached hydrogen (secondary N) is 5. The van der Waals surface area contributed by atoms with Crippen molar-refractivity contribution >= 4 is 70.8 Å². The van der Waals surface area contributed by atoms with Crippen LogP contribution in [0.2, 0.25) is 0 Å². The van der Waals surface area contributed by atoms with Crippen LogP contribution in [0.25, 0.3) is 77.4 Å². The van der Waals surface area contributed by atoms with Crippen molar-refractivity contribution in [2.24, 2.45) is 0 Å². The van der Waals surface area contributed by atoms with Gasteiger partial charge in [-0.25, -0.2) is 0 Å². The zero-order chi connectivity index (χ0) is 79.1. The van der Waals surface area contributed by atoms with Crippen molar-refractivity contribution in [2.45, 2.75) is 0 Å². The summed E-state index contributed by atoms with van der Waals surface area (Å²) in [6.07, 6.45) is 20.9. The molecular formula is C88H67F8Ir5N13O-6. The molecule has 0 aliphatic rings. The van der Waals surface area contributed by atoms with Crippen LogP contribution in [0.15, 0.2) is 292 Å².